The lowest BCUT2D eigenvalue weighted by molar-refractivity contribution is -0.108. The molecule has 3 rings (SSSR count). The minimum atomic E-state index is 0.429. The third kappa shape index (κ3) is 2.43. The van der Waals surface area contributed by atoms with E-state index in [0.717, 1.165) is 12.2 Å². The number of hydrogen-bond donors (Lipinski definition) is 0. The summed E-state index contributed by atoms with van der Waals surface area (Å²) < 4.78 is 11.4. The molecule has 104 valence electrons. The van der Waals surface area contributed by atoms with E-state index in [1.807, 2.05) is 12.1 Å². The van der Waals surface area contributed by atoms with Gasteiger partial charge in [0.25, 0.3) is 0 Å². The van der Waals surface area contributed by atoms with Crippen molar-refractivity contribution >= 4 is 15.9 Å². The first-order valence-corrected chi connectivity index (χ1v) is 8.05. The van der Waals surface area contributed by atoms with Crippen molar-refractivity contribution in [1.29, 1.82) is 0 Å². The zero-order valence-electron chi connectivity index (χ0n) is 11.4. The molecule has 0 bridgehead atoms. The number of rotatable bonds is 4. The van der Waals surface area contributed by atoms with Gasteiger partial charge in [0.1, 0.15) is 5.75 Å². The van der Waals surface area contributed by atoms with Crippen molar-refractivity contribution in [3.63, 3.8) is 0 Å². The normalized spacial score (nSPS) is 28.3. The van der Waals surface area contributed by atoms with E-state index in [-0.39, 0.29) is 0 Å². The first-order valence-electron chi connectivity index (χ1n) is 7.13. The predicted octanol–water partition coefficient (Wildman–Crippen LogP) is 4.31. The molecule has 0 N–H and O–H groups in total. The molecule has 19 heavy (non-hydrogen) atoms. The summed E-state index contributed by atoms with van der Waals surface area (Å²) in [5.74, 6) is 0.906. The van der Waals surface area contributed by atoms with Gasteiger partial charge in [0.05, 0.1) is 19.8 Å². The van der Waals surface area contributed by atoms with Crippen LogP contribution in [0.25, 0.3) is 0 Å². The van der Waals surface area contributed by atoms with E-state index < -0.39 is 0 Å². The summed E-state index contributed by atoms with van der Waals surface area (Å²) in [6.45, 7) is 0.698. The summed E-state index contributed by atoms with van der Waals surface area (Å²) in [5.41, 5.74) is 1.63. The smallest absolute Gasteiger partial charge is 0.119 e. The van der Waals surface area contributed by atoms with E-state index in [4.69, 9.17) is 9.47 Å². The largest absolute Gasteiger partial charge is 0.497 e. The Morgan fingerprint density at radius 3 is 2.79 bits per heavy atom. The Kier molecular flexibility index (Phi) is 3.86. The number of benzene rings is 1. The van der Waals surface area contributed by atoms with Gasteiger partial charge in [0, 0.05) is 10.2 Å². The molecule has 1 aromatic rings. The highest BCUT2D eigenvalue weighted by Gasteiger charge is 2.55. The highest BCUT2D eigenvalue weighted by Crippen LogP contribution is 2.57. The zero-order chi connectivity index (χ0) is 13.3. The molecule has 2 nitrogen and oxygen atoms in total. The van der Waals surface area contributed by atoms with Gasteiger partial charge in [-0.3, -0.25) is 0 Å². The molecule has 0 saturated heterocycles. The average Bonchev–Trinajstić information content (AvgIpc) is 2.96. The van der Waals surface area contributed by atoms with Gasteiger partial charge < -0.3 is 9.47 Å². The van der Waals surface area contributed by atoms with Crippen molar-refractivity contribution in [1.82, 2.24) is 0 Å². The Hall–Kier alpha value is -0.540. The third-order valence-electron chi connectivity index (χ3n) is 4.81. The van der Waals surface area contributed by atoms with Gasteiger partial charge >= 0.3 is 0 Å². The molecule has 1 aromatic carbocycles. The second-order valence-electron chi connectivity index (χ2n) is 5.79. The van der Waals surface area contributed by atoms with Crippen LogP contribution < -0.4 is 4.74 Å². The van der Waals surface area contributed by atoms with Gasteiger partial charge in [-0.05, 0) is 37.0 Å². The minimum absolute atomic E-state index is 0.429. The van der Waals surface area contributed by atoms with E-state index >= 15 is 0 Å². The van der Waals surface area contributed by atoms with Gasteiger partial charge in [0.15, 0.2) is 0 Å². The highest BCUT2D eigenvalue weighted by molar-refractivity contribution is 9.09. The maximum absolute atomic E-state index is 6.19. The standard InChI is InChI=1S/C16H21BrO2/c1-18-13-6-4-5-12(9-13)11-19-15-10-14(17)16(15)7-2-3-8-16/h4-6,9,14-15H,2-3,7-8,10-11H2,1H3. The lowest BCUT2D eigenvalue weighted by Crippen LogP contribution is -2.53. The Bertz CT molecular complexity index is 440. The molecule has 0 aromatic heterocycles. The van der Waals surface area contributed by atoms with Crippen molar-refractivity contribution in [2.24, 2.45) is 5.41 Å². The number of ether oxygens (including phenoxy) is 2. The second kappa shape index (κ2) is 5.45. The summed E-state index contributed by atoms with van der Waals surface area (Å²) >= 11 is 3.83. The number of hydrogen-bond acceptors (Lipinski definition) is 2. The van der Waals surface area contributed by atoms with Crippen LogP contribution >= 0.6 is 15.9 Å². The van der Waals surface area contributed by atoms with Crippen LogP contribution in [-0.4, -0.2) is 18.0 Å². The molecule has 0 amide bonds. The van der Waals surface area contributed by atoms with Crippen LogP contribution in [0.1, 0.15) is 37.7 Å². The highest BCUT2D eigenvalue weighted by atomic mass is 79.9. The fourth-order valence-electron chi connectivity index (χ4n) is 3.56. The molecule has 2 fully saturated rings. The molecule has 0 heterocycles. The van der Waals surface area contributed by atoms with E-state index in [2.05, 4.69) is 28.1 Å². The van der Waals surface area contributed by atoms with Crippen LogP contribution in [0, 0.1) is 5.41 Å². The van der Waals surface area contributed by atoms with E-state index in [1.54, 1.807) is 7.11 Å². The SMILES string of the molecule is COc1cccc(COC2CC(Br)C23CCCC3)c1. The second-order valence-corrected chi connectivity index (χ2v) is 6.90. The lowest BCUT2D eigenvalue weighted by atomic mass is 9.64. The molecule has 2 saturated carbocycles. The quantitative estimate of drug-likeness (QED) is 0.768. The van der Waals surface area contributed by atoms with Gasteiger partial charge in [-0.25, -0.2) is 0 Å². The monoisotopic (exact) mass is 324 g/mol. The number of alkyl halides is 1. The third-order valence-corrected chi connectivity index (χ3v) is 6.09. The molecule has 2 unspecified atom stereocenters. The molecule has 2 aliphatic carbocycles. The summed E-state index contributed by atoms with van der Waals surface area (Å²) in [6, 6.07) is 8.16. The lowest BCUT2D eigenvalue weighted by Gasteiger charge is -2.51. The van der Waals surface area contributed by atoms with E-state index in [9.17, 15) is 0 Å². The van der Waals surface area contributed by atoms with E-state index in [1.165, 1.54) is 31.2 Å². The summed E-state index contributed by atoms with van der Waals surface area (Å²) in [7, 11) is 1.70. The maximum Gasteiger partial charge on any atom is 0.119 e. The van der Waals surface area contributed by atoms with Crippen LogP contribution in [0.5, 0.6) is 5.75 Å². The molecule has 0 radical (unpaired) electrons. The van der Waals surface area contributed by atoms with Crippen LogP contribution in [0.2, 0.25) is 0 Å². The van der Waals surface area contributed by atoms with E-state index in [0.29, 0.717) is 23.0 Å². The predicted molar refractivity (Wildman–Crippen MR) is 79.8 cm³/mol. The first kappa shape index (κ1) is 13.4. The van der Waals surface area contributed by atoms with Crippen molar-refractivity contribution in [2.75, 3.05) is 7.11 Å². The Morgan fingerprint density at radius 2 is 2.11 bits per heavy atom. The van der Waals surface area contributed by atoms with Gasteiger partial charge in [-0.2, -0.15) is 0 Å². The molecule has 0 aliphatic heterocycles. The summed E-state index contributed by atoms with van der Waals surface area (Å²) in [4.78, 5) is 0.665. The van der Waals surface area contributed by atoms with Gasteiger partial charge in [-0.1, -0.05) is 40.9 Å². The molecule has 3 heteroatoms. The van der Waals surface area contributed by atoms with Crippen molar-refractivity contribution < 1.29 is 9.47 Å². The van der Waals surface area contributed by atoms with Crippen molar-refractivity contribution in [3.8, 4) is 5.75 Å². The van der Waals surface area contributed by atoms with Crippen LogP contribution in [0.4, 0.5) is 0 Å². The number of methoxy groups -OCH3 is 1. The molecule has 2 aliphatic rings. The fourth-order valence-corrected chi connectivity index (χ4v) is 4.65. The molecular formula is C16H21BrO2. The molecule has 1 spiro atoms. The van der Waals surface area contributed by atoms with Gasteiger partial charge in [-0.15, -0.1) is 0 Å². The first-order chi connectivity index (χ1) is 9.24. The Balaban J connectivity index is 1.60. The minimum Gasteiger partial charge on any atom is -0.497 e. The maximum atomic E-state index is 6.19. The molecule has 2 atom stereocenters. The topological polar surface area (TPSA) is 18.5 Å². The number of halogens is 1. The summed E-state index contributed by atoms with van der Waals surface area (Å²) in [5, 5.41) is 0. The Labute approximate surface area is 123 Å². The van der Waals surface area contributed by atoms with Crippen molar-refractivity contribution in [3.05, 3.63) is 29.8 Å². The zero-order valence-corrected chi connectivity index (χ0v) is 13.0. The van der Waals surface area contributed by atoms with Crippen LogP contribution in [0.15, 0.2) is 24.3 Å². The summed E-state index contributed by atoms with van der Waals surface area (Å²) in [6.07, 6.45) is 6.97. The van der Waals surface area contributed by atoms with Crippen molar-refractivity contribution in [2.45, 2.75) is 49.6 Å². The van der Waals surface area contributed by atoms with Crippen LogP contribution in [0.3, 0.4) is 0 Å². The average molecular weight is 325 g/mol. The Morgan fingerprint density at radius 1 is 1.32 bits per heavy atom. The fraction of sp³-hybridized carbons (Fsp3) is 0.625. The molecular weight excluding hydrogens is 304 g/mol. The van der Waals surface area contributed by atoms with Gasteiger partial charge in [0.2, 0.25) is 0 Å². The van der Waals surface area contributed by atoms with Crippen LogP contribution in [-0.2, 0) is 11.3 Å².